The van der Waals surface area contributed by atoms with E-state index in [0.29, 0.717) is 5.69 Å². The van der Waals surface area contributed by atoms with Crippen molar-refractivity contribution in [1.29, 1.82) is 0 Å². The fourth-order valence-electron chi connectivity index (χ4n) is 3.00. The van der Waals surface area contributed by atoms with Crippen LogP contribution in [0.2, 0.25) is 0 Å². The Morgan fingerprint density at radius 1 is 1.09 bits per heavy atom. The molecule has 1 saturated carbocycles. The maximum atomic E-state index is 12.2. The molecule has 0 aliphatic heterocycles. The van der Waals surface area contributed by atoms with E-state index in [1.807, 2.05) is 42.5 Å². The molecule has 4 nitrogen and oxygen atoms in total. The highest BCUT2D eigenvalue weighted by Crippen LogP contribution is 2.26. The van der Waals surface area contributed by atoms with Gasteiger partial charge in [0.25, 0.3) is 5.91 Å². The molecular weight excluding hydrogens is 290 g/mol. The first kappa shape index (κ1) is 15.5. The van der Waals surface area contributed by atoms with E-state index in [4.69, 9.17) is 4.74 Å². The van der Waals surface area contributed by atoms with E-state index in [1.165, 1.54) is 0 Å². The summed E-state index contributed by atoms with van der Waals surface area (Å²) in [5.41, 5.74) is 0.706. The molecular formula is C19H21NO3. The molecule has 0 aromatic heterocycles. The van der Waals surface area contributed by atoms with Crippen LogP contribution in [-0.2, 0) is 14.3 Å². The number of carbonyl (C=O) groups excluding carboxylic acids is 2. The molecule has 1 aliphatic carbocycles. The fraction of sp³-hybridized carbons (Fsp3) is 0.368. The summed E-state index contributed by atoms with van der Waals surface area (Å²) in [7, 11) is 0. The highest BCUT2D eigenvalue weighted by atomic mass is 16.5. The molecule has 120 valence electrons. The van der Waals surface area contributed by atoms with Gasteiger partial charge >= 0.3 is 5.97 Å². The number of benzene rings is 2. The Kier molecular flexibility index (Phi) is 4.60. The number of carbonyl (C=O) groups is 2. The third kappa shape index (κ3) is 3.70. The third-order valence-electron chi connectivity index (χ3n) is 4.37. The monoisotopic (exact) mass is 311 g/mol. The van der Waals surface area contributed by atoms with Crippen LogP contribution in [0.1, 0.15) is 32.6 Å². The Labute approximate surface area is 135 Å². The summed E-state index contributed by atoms with van der Waals surface area (Å²) < 4.78 is 5.30. The SMILES string of the molecule is C[C@@H](OC(=O)C1CCCC1)C(=O)Nc1ccc2ccccc2c1. The van der Waals surface area contributed by atoms with Crippen LogP contribution in [0.3, 0.4) is 0 Å². The van der Waals surface area contributed by atoms with Gasteiger partial charge in [-0.2, -0.15) is 0 Å². The Morgan fingerprint density at radius 3 is 2.52 bits per heavy atom. The second-order valence-electron chi connectivity index (χ2n) is 6.11. The van der Waals surface area contributed by atoms with Crippen LogP contribution in [0.15, 0.2) is 42.5 Å². The summed E-state index contributed by atoms with van der Waals surface area (Å²) in [6.07, 6.45) is 3.10. The van der Waals surface area contributed by atoms with Gasteiger partial charge in [0.1, 0.15) is 0 Å². The number of anilines is 1. The predicted molar refractivity (Wildman–Crippen MR) is 90.1 cm³/mol. The standard InChI is InChI=1S/C19H21NO3/c1-13(23-19(22)15-7-3-4-8-15)18(21)20-17-11-10-14-6-2-5-9-16(14)12-17/h2,5-6,9-13,15H,3-4,7-8H2,1H3,(H,20,21)/t13-/m1/s1. The average Bonchev–Trinajstić information content (AvgIpc) is 3.09. The molecule has 23 heavy (non-hydrogen) atoms. The van der Waals surface area contributed by atoms with Gasteiger partial charge in [-0.05, 0) is 42.7 Å². The van der Waals surface area contributed by atoms with E-state index in [2.05, 4.69) is 5.32 Å². The second kappa shape index (κ2) is 6.82. The highest BCUT2D eigenvalue weighted by molar-refractivity contribution is 5.97. The number of hydrogen-bond acceptors (Lipinski definition) is 3. The van der Waals surface area contributed by atoms with Crippen molar-refractivity contribution in [3.63, 3.8) is 0 Å². The van der Waals surface area contributed by atoms with Crippen molar-refractivity contribution in [3.8, 4) is 0 Å². The lowest BCUT2D eigenvalue weighted by atomic mass is 10.1. The zero-order valence-electron chi connectivity index (χ0n) is 13.2. The van der Waals surface area contributed by atoms with E-state index in [1.54, 1.807) is 6.92 Å². The summed E-state index contributed by atoms with van der Waals surface area (Å²) in [5, 5.41) is 4.99. The van der Waals surface area contributed by atoms with Crippen LogP contribution in [0.4, 0.5) is 5.69 Å². The smallest absolute Gasteiger partial charge is 0.309 e. The fourth-order valence-corrected chi connectivity index (χ4v) is 3.00. The van der Waals surface area contributed by atoms with Gasteiger partial charge in [-0.25, -0.2) is 0 Å². The Bertz CT molecular complexity index is 719. The molecule has 4 heteroatoms. The van der Waals surface area contributed by atoms with Crippen LogP contribution in [-0.4, -0.2) is 18.0 Å². The van der Waals surface area contributed by atoms with Crippen LogP contribution in [0.5, 0.6) is 0 Å². The summed E-state index contributed by atoms with van der Waals surface area (Å²) in [4.78, 5) is 24.2. The number of fused-ring (bicyclic) bond motifs is 1. The third-order valence-corrected chi connectivity index (χ3v) is 4.37. The van der Waals surface area contributed by atoms with Crippen LogP contribution < -0.4 is 5.32 Å². The van der Waals surface area contributed by atoms with Crippen molar-refractivity contribution in [3.05, 3.63) is 42.5 Å². The summed E-state index contributed by atoms with van der Waals surface area (Å²) in [6, 6.07) is 13.7. The zero-order valence-corrected chi connectivity index (χ0v) is 13.2. The van der Waals surface area contributed by atoms with Gasteiger partial charge in [-0.3, -0.25) is 9.59 Å². The van der Waals surface area contributed by atoms with Crippen LogP contribution >= 0.6 is 0 Å². The lowest BCUT2D eigenvalue weighted by molar-refractivity contribution is -0.157. The first-order chi connectivity index (χ1) is 11.1. The van der Waals surface area contributed by atoms with Crippen molar-refractivity contribution in [2.75, 3.05) is 5.32 Å². The van der Waals surface area contributed by atoms with E-state index in [9.17, 15) is 9.59 Å². The van der Waals surface area contributed by atoms with E-state index in [0.717, 1.165) is 36.5 Å². The molecule has 2 aromatic carbocycles. The largest absolute Gasteiger partial charge is 0.452 e. The number of rotatable bonds is 4. The van der Waals surface area contributed by atoms with Gasteiger partial charge < -0.3 is 10.1 Å². The van der Waals surface area contributed by atoms with E-state index in [-0.39, 0.29) is 17.8 Å². The van der Waals surface area contributed by atoms with Crippen molar-refractivity contribution in [1.82, 2.24) is 0 Å². The molecule has 1 aliphatic rings. The molecule has 1 amide bonds. The van der Waals surface area contributed by atoms with E-state index >= 15 is 0 Å². The van der Waals surface area contributed by atoms with E-state index < -0.39 is 6.10 Å². The van der Waals surface area contributed by atoms with Crippen molar-refractivity contribution >= 4 is 28.3 Å². The van der Waals surface area contributed by atoms with Crippen molar-refractivity contribution in [2.24, 2.45) is 5.92 Å². The number of amides is 1. The van der Waals surface area contributed by atoms with Gasteiger partial charge in [-0.15, -0.1) is 0 Å². The van der Waals surface area contributed by atoms with Crippen LogP contribution in [0, 0.1) is 5.92 Å². The summed E-state index contributed by atoms with van der Waals surface area (Å²) in [6.45, 7) is 1.61. The quantitative estimate of drug-likeness (QED) is 0.871. The molecule has 0 heterocycles. The van der Waals surface area contributed by atoms with Gasteiger partial charge in [0.05, 0.1) is 5.92 Å². The maximum absolute atomic E-state index is 12.2. The normalized spacial score (nSPS) is 16.2. The number of hydrogen-bond donors (Lipinski definition) is 1. The summed E-state index contributed by atoms with van der Waals surface area (Å²) in [5.74, 6) is -0.582. The number of nitrogens with one attached hydrogen (secondary N) is 1. The number of esters is 1. The minimum absolute atomic E-state index is 0.0362. The Balaban J connectivity index is 1.61. The maximum Gasteiger partial charge on any atom is 0.309 e. The first-order valence-electron chi connectivity index (χ1n) is 8.13. The lowest BCUT2D eigenvalue weighted by Gasteiger charge is -2.16. The van der Waals surface area contributed by atoms with Gasteiger partial charge in [0.2, 0.25) is 0 Å². The average molecular weight is 311 g/mol. The Morgan fingerprint density at radius 2 is 1.78 bits per heavy atom. The zero-order chi connectivity index (χ0) is 16.2. The summed E-state index contributed by atoms with van der Waals surface area (Å²) >= 11 is 0. The topological polar surface area (TPSA) is 55.4 Å². The second-order valence-corrected chi connectivity index (χ2v) is 6.11. The van der Waals surface area contributed by atoms with Gasteiger partial charge in [-0.1, -0.05) is 43.2 Å². The molecule has 1 N–H and O–H groups in total. The highest BCUT2D eigenvalue weighted by Gasteiger charge is 2.27. The molecule has 0 saturated heterocycles. The minimum atomic E-state index is -0.783. The molecule has 0 unspecified atom stereocenters. The molecule has 0 radical (unpaired) electrons. The lowest BCUT2D eigenvalue weighted by Crippen LogP contribution is -2.31. The first-order valence-corrected chi connectivity index (χ1v) is 8.13. The molecule has 3 rings (SSSR count). The van der Waals surface area contributed by atoms with Crippen molar-refractivity contribution in [2.45, 2.75) is 38.7 Å². The number of ether oxygens (including phenoxy) is 1. The Hall–Kier alpha value is -2.36. The molecule has 2 aromatic rings. The van der Waals surface area contributed by atoms with Crippen molar-refractivity contribution < 1.29 is 14.3 Å². The van der Waals surface area contributed by atoms with Gasteiger partial charge in [0, 0.05) is 5.69 Å². The molecule has 1 atom stereocenters. The molecule has 1 fully saturated rings. The molecule has 0 bridgehead atoms. The minimum Gasteiger partial charge on any atom is -0.452 e. The molecule has 0 spiro atoms. The van der Waals surface area contributed by atoms with Gasteiger partial charge in [0.15, 0.2) is 6.10 Å². The predicted octanol–water partition coefficient (Wildman–Crippen LogP) is 3.90. The van der Waals surface area contributed by atoms with Crippen LogP contribution in [0.25, 0.3) is 10.8 Å².